The SMILES string of the molecule is Nc1ccc(C(=O)NC(C(=O)O)C(=O)CBr)cc1. The molecule has 0 aliphatic carbocycles. The fraction of sp³-hybridized carbons (Fsp3) is 0.182. The molecule has 0 aliphatic heterocycles. The summed E-state index contributed by atoms with van der Waals surface area (Å²) in [6.45, 7) is 0. The number of nitrogens with one attached hydrogen (secondary N) is 1. The van der Waals surface area contributed by atoms with Gasteiger partial charge in [-0.1, -0.05) is 15.9 Å². The maximum atomic E-state index is 11.7. The van der Waals surface area contributed by atoms with Gasteiger partial charge in [-0.3, -0.25) is 9.59 Å². The number of nitrogen functional groups attached to an aromatic ring is 1. The van der Waals surface area contributed by atoms with E-state index in [2.05, 4.69) is 21.2 Å². The zero-order valence-electron chi connectivity index (χ0n) is 9.22. The Hall–Kier alpha value is -1.89. The summed E-state index contributed by atoms with van der Waals surface area (Å²) in [7, 11) is 0. The number of benzene rings is 1. The minimum atomic E-state index is -1.56. The second-order valence-corrected chi connectivity index (χ2v) is 4.03. The van der Waals surface area contributed by atoms with Gasteiger partial charge in [-0.2, -0.15) is 0 Å². The molecular formula is C11H11BrN2O4. The first-order valence-electron chi connectivity index (χ1n) is 4.93. The lowest BCUT2D eigenvalue weighted by Gasteiger charge is -2.12. The van der Waals surface area contributed by atoms with Crippen molar-refractivity contribution in [3.05, 3.63) is 29.8 Å². The van der Waals surface area contributed by atoms with Crippen LogP contribution in [-0.2, 0) is 9.59 Å². The molecular weight excluding hydrogens is 304 g/mol. The van der Waals surface area contributed by atoms with E-state index in [1.165, 1.54) is 24.3 Å². The van der Waals surface area contributed by atoms with Crippen LogP contribution in [0.1, 0.15) is 10.4 Å². The van der Waals surface area contributed by atoms with Gasteiger partial charge >= 0.3 is 5.97 Å². The second kappa shape index (κ2) is 6.15. The minimum absolute atomic E-state index is 0.147. The number of anilines is 1. The van der Waals surface area contributed by atoms with Gasteiger partial charge in [-0.25, -0.2) is 4.79 Å². The Labute approximate surface area is 111 Å². The van der Waals surface area contributed by atoms with Gasteiger partial charge in [0.2, 0.25) is 0 Å². The van der Waals surface area contributed by atoms with Crippen molar-refractivity contribution >= 4 is 39.3 Å². The number of halogens is 1. The molecule has 0 bridgehead atoms. The summed E-state index contributed by atoms with van der Waals surface area (Å²) in [5, 5.41) is 10.8. The highest BCUT2D eigenvalue weighted by Crippen LogP contribution is 2.06. The molecule has 7 heteroatoms. The Balaban J connectivity index is 2.82. The van der Waals surface area contributed by atoms with Crippen LogP contribution in [0.3, 0.4) is 0 Å². The molecule has 0 fully saturated rings. The van der Waals surface area contributed by atoms with Crippen molar-refractivity contribution in [3.8, 4) is 0 Å². The van der Waals surface area contributed by atoms with E-state index in [1.54, 1.807) is 0 Å². The molecule has 96 valence electrons. The highest BCUT2D eigenvalue weighted by Gasteiger charge is 2.27. The summed E-state index contributed by atoms with van der Waals surface area (Å²) in [4.78, 5) is 33.9. The van der Waals surface area contributed by atoms with E-state index in [1.807, 2.05) is 0 Å². The Kier molecular flexibility index (Phi) is 4.85. The Bertz CT molecular complexity index is 472. The maximum absolute atomic E-state index is 11.7. The van der Waals surface area contributed by atoms with Crippen LogP contribution in [-0.4, -0.2) is 34.1 Å². The molecule has 1 atom stereocenters. The molecule has 1 unspecified atom stereocenters. The van der Waals surface area contributed by atoms with Gasteiger partial charge in [0, 0.05) is 11.3 Å². The Morgan fingerprint density at radius 2 is 1.83 bits per heavy atom. The van der Waals surface area contributed by atoms with Gasteiger partial charge in [0.1, 0.15) is 0 Å². The average Bonchev–Trinajstić information content (AvgIpc) is 2.35. The molecule has 6 nitrogen and oxygen atoms in total. The average molecular weight is 315 g/mol. The first-order chi connectivity index (χ1) is 8.45. The molecule has 4 N–H and O–H groups in total. The van der Waals surface area contributed by atoms with E-state index >= 15 is 0 Å². The highest BCUT2D eigenvalue weighted by molar-refractivity contribution is 9.09. The van der Waals surface area contributed by atoms with Crippen molar-refractivity contribution in [1.82, 2.24) is 5.32 Å². The van der Waals surface area contributed by atoms with Crippen molar-refractivity contribution in [2.75, 3.05) is 11.1 Å². The lowest BCUT2D eigenvalue weighted by Crippen LogP contribution is -2.47. The fourth-order valence-electron chi connectivity index (χ4n) is 1.21. The van der Waals surface area contributed by atoms with Crippen molar-refractivity contribution in [2.45, 2.75) is 6.04 Å². The molecule has 1 rings (SSSR count). The predicted molar refractivity (Wildman–Crippen MR) is 68.5 cm³/mol. The number of alkyl halides is 1. The zero-order chi connectivity index (χ0) is 13.7. The van der Waals surface area contributed by atoms with E-state index in [0.717, 1.165) is 0 Å². The van der Waals surface area contributed by atoms with E-state index in [9.17, 15) is 14.4 Å². The van der Waals surface area contributed by atoms with Crippen LogP contribution in [0, 0.1) is 0 Å². The molecule has 0 saturated carbocycles. The number of ketones is 1. The van der Waals surface area contributed by atoms with Gasteiger partial charge in [0.15, 0.2) is 11.8 Å². The largest absolute Gasteiger partial charge is 0.479 e. The molecule has 0 saturated heterocycles. The van der Waals surface area contributed by atoms with Gasteiger partial charge in [-0.15, -0.1) is 0 Å². The molecule has 0 aromatic heterocycles. The first kappa shape index (κ1) is 14.2. The number of carbonyl (C=O) groups is 3. The monoisotopic (exact) mass is 314 g/mol. The van der Waals surface area contributed by atoms with Gasteiger partial charge in [0.25, 0.3) is 5.91 Å². The van der Waals surface area contributed by atoms with E-state index < -0.39 is 23.7 Å². The lowest BCUT2D eigenvalue weighted by atomic mass is 10.1. The fourth-order valence-corrected chi connectivity index (χ4v) is 1.53. The zero-order valence-corrected chi connectivity index (χ0v) is 10.8. The van der Waals surface area contributed by atoms with Crippen LogP contribution in [0.5, 0.6) is 0 Å². The number of rotatable bonds is 5. The van der Waals surface area contributed by atoms with E-state index in [0.29, 0.717) is 5.69 Å². The molecule has 1 amide bonds. The summed E-state index contributed by atoms with van der Waals surface area (Å²) in [6, 6.07) is 4.35. The number of aliphatic carboxylic acids is 1. The molecule has 0 heterocycles. The normalized spacial score (nSPS) is 11.6. The molecule has 0 radical (unpaired) electrons. The van der Waals surface area contributed by atoms with Crippen LogP contribution >= 0.6 is 15.9 Å². The lowest BCUT2D eigenvalue weighted by molar-refractivity contribution is -0.142. The van der Waals surface area contributed by atoms with Crippen LogP contribution in [0.4, 0.5) is 5.69 Å². The second-order valence-electron chi connectivity index (χ2n) is 3.47. The van der Waals surface area contributed by atoms with Gasteiger partial charge in [0.05, 0.1) is 5.33 Å². The predicted octanol–water partition coefficient (Wildman–Crippen LogP) is 0.416. The Morgan fingerprint density at radius 3 is 2.28 bits per heavy atom. The van der Waals surface area contributed by atoms with Crippen molar-refractivity contribution in [2.24, 2.45) is 0 Å². The van der Waals surface area contributed by atoms with E-state index in [4.69, 9.17) is 10.8 Å². The quantitative estimate of drug-likeness (QED) is 0.414. The van der Waals surface area contributed by atoms with Gasteiger partial charge in [-0.05, 0) is 24.3 Å². The van der Waals surface area contributed by atoms with Crippen LogP contribution in [0.15, 0.2) is 24.3 Å². The number of carbonyl (C=O) groups excluding carboxylic acids is 2. The number of Topliss-reactive ketones (excluding diaryl/α,β-unsaturated/α-hetero) is 1. The van der Waals surface area contributed by atoms with Crippen molar-refractivity contribution < 1.29 is 19.5 Å². The number of amides is 1. The van der Waals surface area contributed by atoms with Gasteiger partial charge < -0.3 is 16.2 Å². The summed E-state index contributed by atoms with van der Waals surface area (Å²) in [6.07, 6.45) is 0. The van der Waals surface area contributed by atoms with Crippen LogP contribution < -0.4 is 11.1 Å². The van der Waals surface area contributed by atoms with Crippen LogP contribution in [0.25, 0.3) is 0 Å². The third-order valence-corrected chi connectivity index (χ3v) is 2.70. The maximum Gasteiger partial charge on any atom is 0.334 e. The molecule has 0 aliphatic rings. The first-order valence-corrected chi connectivity index (χ1v) is 6.05. The number of nitrogens with two attached hydrogens (primary N) is 1. The highest BCUT2D eigenvalue weighted by atomic mass is 79.9. The van der Waals surface area contributed by atoms with Crippen LogP contribution in [0.2, 0.25) is 0 Å². The number of carboxylic acid groups (broad SMARTS) is 1. The molecule has 1 aromatic carbocycles. The Morgan fingerprint density at radius 1 is 1.28 bits per heavy atom. The minimum Gasteiger partial charge on any atom is -0.479 e. The third-order valence-electron chi connectivity index (χ3n) is 2.15. The van der Waals surface area contributed by atoms with Crippen molar-refractivity contribution in [1.29, 1.82) is 0 Å². The molecule has 1 aromatic rings. The van der Waals surface area contributed by atoms with Crippen molar-refractivity contribution in [3.63, 3.8) is 0 Å². The summed E-state index contributed by atoms with van der Waals surface area (Å²) in [5.41, 5.74) is 6.18. The molecule has 18 heavy (non-hydrogen) atoms. The number of hydrogen-bond donors (Lipinski definition) is 3. The van der Waals surface area contributed by atoms with E-state index in [-0.39, 0.29) is 10.9 Å². The number of hydrogen-bond acceptors (Lipinski definition) is 4. The third kappa shape index (κ3) is 3.56. The standard InChI is InChI=1S/C11H11BrN2O4/c12-5-8(15)9(11(17)18)14-10(16)6-1-3-7(13)4-2-6/h1-4,9H,5,13H2,(H,14,16)(H,17,18). The topological polar surface area (TPSA) is 109 Å². The molecule has 0 spiro atoms. The smallest absolute Gasteiger partial charge is 0.334 e. The summed E-state index contributed by atoms with van der Waals surface area (Å²) in [5.74, 6) is -2.67. The summed E-state index contributed by atoms with van der Waals surface area (Å²) >= 11 is 2.86. The number of carboxylic acids is 1. The summed E-state index contributed by atoms with van der Waals surface area (Å²) < 4.78 is 0.